The number of halogens is 1. The normalized spacial score (nSPS) is 13.2. The van der Waals surface area contributed by atoms with E-state index in [1.165, 1.54) is 11.1 Å². The third-order valence-electron chi connectivity index (χ3n) is 3.17. The van der Waals surface area contributed by atoms with E-state index < -0.39 is 0 Å². The smallest absolute Gasteiger partial charge is 0.134 e. The van der Waals surface area contributed by atoms with Gasteiger partial charge >= 0.3 is 0 Å². The standard InChI is InChI=1S/C14H18BrNO/c1-4-5-11(16)13-7-10-9(3)14(15)8(2)6-12(10)17-13/h6-7,11H,4-5,16H2,1-3H3. The van der Waals surface area contributed by atoms with Gasteiger partial charge in [0.1, 0.15) is 11.3 Å². The van der Waals surface area contributed by atoms with E-state index in [0.717, 1.165) is 34.0 Å². The Hall–Kier alpha value is -0.800. The van der Waals surface area contributed by atoms with Gasteiger partial charge in [-0.1, -0.05) is 29.3 Å². The van der Waals surface area contributed by atoms with Gasteiger partial charge < -0.3 is 10.2 Å². The van der Waals surface area contributed by atoms with Crippen molar-refractivity contribution < 1.29 is 4.42 Å². The summed E-state index contributed by atoms with van der Waals surface area (Å²) in [4.78, 5) is 0. The van der Waals surface area contributed by atoms with Crippen molar-refractivity contribution in [3.8, 4) is 0 Å². The van der Waals surface area contributed by atoms with Crippen molar-refractivity contribution in [2.24, 2.45) is 5.73 Å². The Balaban J connectivity index is 2.54. The van der Waals surface area contributed by atoms with Crippen molar-refractivity contribution >= 4 is 26.9 Å². The number of benzene rings is 1. The summed E-state index contributed by atoms with van der Waals surface area (Å²) in [6, 6.07) is 4.15. The lowest BCUT2D eigenvalue weighted by molar-refractivity contribution is 0.475. The van der Waals surface area contributed by atoms with Gasteiger partial charge in [-0.25, -0.2) is 0 Å². The average Bonchev–Trinajstić information content (AvgIpc) is 2.70. The number of fused-ring (bicyclic) bond motifs is 1. The highest BCUT2D eigenvalue weighted by atomic mass is 79.9. The Kier molecular flexibility index (Phi) is 3.59. The van der Waals surface area contributed by atoms with Crippen LogP contribution in [0.15, 0.2) is 21.0 Å². The molecule has 0 saturated carbocycles. The maximum atomic E-state index is 6.09. The Labute approximate surface area is 110 Å². The molecule has 2 rings (SSSR count). The minimum Gasteiger partial charge on any atom is -0.459 e. The van der Waals surface area contributed by atoms with Gasteiger partial charge in [0.2, 0.25) is 0 Å². The second-order valence-electron chi connectivity index (χ2n) is 4.59. The molecule has 0 amide bonds. The lowest BCUT2D eigenvalue weighted by Crippen LogP contribution is -2.08. The first kappa shape index (κ1) is 12.7. The number of aryl methyl sites for hydroxylation is 2. The summed E-state index contributed by atoms with van der Waals surface area (Å²) in [5.41, 5.74) is 9.44. The Morgan fingerprint density at radius 1 is 1.35 bits per heavy atom. The van der Waals surface area contributed by atoms with Gasteiger partial charge in [-0.05, 0) is 43.5 Å². The summed E-state index contributed by atoms with van der Waals surface area (Å²) < 4.78 is 7.01. The van der Waals surface area contributed by atoms with E-state index in [0.29, 0.717) is 0 Å². The molecular formula is C14H18BrNO. The minimum atomic E-state index is 0.00545. The zero-order valence-electron chi connectivity index (χ0n) is 10.5. The Morgan fingerprint density at radius 2 is 2.06 bits per heavy atom. The zero-order valence-corrected chi connectivity index (χ0v) is 12.1. The minimum absolute atomic E-state index is 0.00545. The first-order chi connectivity index (χ1) is 8.04. The highest BCUT2D eigenvalue weighted by molar-refractivity contribution is 9.10. The van der Waals surface area contributed by atoms with Crippen LogP contribution in [0.2, 0.25) is 0 Å². The number of hydrogen-bond acceptors (Lipinski definition) is 2. The molecule has 2 nitrogen and oxygen atoms in total. The van der Waals surface area contributed by atoms with Gasteiger partial charge in [-0.15, -0.1) is 0 Å². The summed E-state index contributed by atoms with van der Waals surface area (Å²) in [6.45, 7) is 6.31. The predicted octanol–water partition coefficient (Wildman–Crippen LogP) is 4.61. The molecule has 1 atom stereocenters. The second-order valence-corrected chi connectivity index (χ2v) is 5.38. The molecule has 0 aliphatic carbocycles. The number of nitrogens with two attached hydrogens (primary N) is 1. The fourth-order valence-corrected chi connectivity index (χ4v) is 2.46. The van der Waals surface area contributed by atoms with E-state index in [4.69, 9.17) is 10.2 Å². The molecule has 1 aromatic heterocycles. The van der Waals surface area contributed by atoms with Crippen LogP contribution in [0.1, 0.15) is 42.7 Å². The van der Waals surface area contributed by atoms with Crippen LogP contribution < -0.4 is 5.73 Å². The van der Waals surface area contributed by atoms with Crippen LogP contribution in [0.3, 0.4) is 0 Å². The van der Waals surface area contributed by atoms with Gasteiger partial charge in [0.25, 0.3) is 0 Å². The van der Waals surface area contributed by atoms with E-state index in [9.17, 15) is 0 Å². The molecule has 1 heterocycles. The van der Waals surface area contributed by atoms with Crippen LogP contribution in [0.25, 0.3) is 11.0 Å². The van der Waals surface area contributed by atoms with E-state index in [2.05, 4.69) is 48.8 Å². The molecule has 2 aromatic rings. The van der Waals surface area contributed by atoms with Crippen LogP contribution >= 0.6 is 15.9 Å². The third-order valence-corrected chi connectivity index (χ3v) is 4.39. The van der Waals surface area contributed by atoms with Crippen molar-refractivity contribution in [1.29, 1.82) is 0 Å². The Morgan fingerprint density at radius 3 is 2.71 bits per heavy atom. The molecule has 0 radical (unpaired) electrons. The van der Waals surface area contributed by atoms with Crippen LogP contribution in [-0.2, 0) is 0 Å². The van der Waals surface area contributed by atoms with E-state index in [1.54, 1.807) is 0 Å². The van der Waals surface area contributed by atoms with E-state index in [1.807, 2.05) is 0 Å². The van der Waals surface area contributed by atoms with Crippen LogP contribution in [0, 0.1) is 13.8 Å². The topological polar surface area (TPSA) is 39.2 Å². The Bertz CT molecular complexity index is 545. The fraction of sp³-hybridized carbons (Fsp3) is 0.429. The molecule has 1 unspecified atom stereocenters. The molecule has 92 valence electrons. The molecule has 3 heteroatoms. The van der Waals surface area contributed by atoms with Gasteiger partial charge in [-0.2, -0.15) is 0 Å². The largest absolute Gasteiger partial charge is 0.459 e. The first-order valence-corrected chi connectivity index (χ1v) is 6.78. The lowest BCUT2D eigenvalue weighted by Gasteiger charge is -2.04. The summed E-state index contributed by atoms with van der Waals surface area (Å²) in [6.07, 6.45) is 2.03. The summed E-state index contributed by atoms with van der Waals surface area (Å²) >= 11 is 3.60. The van der Waals surface area contributed by atoms with Gasteiger partial charge in [0, 0.05) is 9.86 Å². The highest BCUT2D eigenvalue weighted by Gasteiger charge is 2.14. The SMILES string of the molecule is CCCC(N)c1cc2c(C)c(Br)c(C)cc2o1. The number of furan rings is 1. The maximum absolute atomic E-state index is 6.09. The van der Waals surface area contributed by atoms with Gasteiger partial charge in [0.15, 0.2) is 0 Å². The summed E-state index contributed by atoms with van der Waals surface area (Å²) in [5, 5.41) is 1.16. The monoisotopic (exact) mass is 295 g/mol. The molecule has 17 heavy (non-hydrogen) atoms. The quantitative estimate of drug-likeness (QED) is 0.898. The highest BCUT2D eigenvalue weighted by Crippen LogP contribution is 2.33. The summed E-state index contributed by atoms with van der Waals surface area (Å²) in [5.74, 6) is 0.891. The number of hydrogen-bond donors (Lipinski definition) is 1. The first-order valence-electron chi connectivity index (χ1n) is 5.99. The maximum Gasteiger partial charge on any atom is 0.134 e. The zero-order chi connectivity index (χ0) is 12.6. The van der Waals surface area contributed by atoms with Crippen LogP contribution in [0.4, 0.5) is 0 Å². The van der Waals surface area contributed by atoms with Crippen LogP contribution in [0.5, 0.6) is 0 Å². The molecular weight excluding hydrogens is 278 g/mol. The molecule has 0 spiro atoms. The molecule has 0 fully saturated rings. The molecule has 0 bridgehead atoms. The predicted molar refractivity (Wildman–Crippen MR) is 75.2 cm³/mol. The fourth-order valence-electron chi connectivity index (χ4n) is 2.14. The molecule has 0 saturated heterocycles. The lowest BCUT2D eigenvalue weighted by atomic mass is 10.1. The molecule has 0 aliphatic rings. The van der Waals surface area contributed by atoms with Crippen molar-refractivity contribution in [2.75, 3.05) is 0 Å². The molecule has 1 aromatic carbocycles. The number of rotatable bonds is 3. The van der Waals surface area contributed by atoms with Gasteiger partial charge in [-0.3, -0.25) is 0 Å². The van der Waals surface area contributed by atoms with E-state index >= 15 is 0 Å². The summed E-state index contributed by atoms with van der Waals surface area (Å²) in [7, 11) is 0. The van der Waals surface area contributed by atoms with Crippen molar-refractivity contribution in [3.05, 3.63) is 33.5 Å². The van der Waals surface area contributed by atoms with Crippen LogP contribution in [-0.4, -0.2) is 0 Å². The van der Waals surface area contributed by atoms with Crippen molar-refractivity contribution in [2.45, 2.75) is 39.7 Å². The third kappa shape index (κ3) is 2.26. The second kappa shape index (κ2) is 4.83. The van der Waals surface area contributed by atoms with Crippen molar-refractivity contribution in [3.63, 3.8) is 0 Å². The van der Waals surface area contributed by atoms with Gasteiger partial charge in [0.05, 0.1) is 6.04 Å². The van der Waals surface area contributed by atoms with Crippen molar-refractivity contribution in [1.82, 2.24) is 0 Å². The van der Waals surface area contributed by atoms with E-state index in [-0.39, 0.29) is 6.04 Å². The average molecular weight is 296 g/mol. The molecule has 0 aliphatic heterocycles. The molecule has 2 N–H and O–H groups in total.